The predicted molar refractivity (Wildman–Crippen MR) is 65.5 cm³/mol. The monoisotopic (exact) mass is 217 g/mol. The summed E-state index contributed by atoms with van der Waals surface area (Å²) in [5.74, 6) is 1.28. The van der Waals surface area contributed by atoms with Crippen LogP contribution in [0.15, 0.2) is 18.2 Å². The van der Waals surface area contributed by atoms with Crippen molar-refractivity contribution in [3.05, 3.63) is 29.3 Å². The summed E-state index contributed by atoms with van der Waals surface area (Å²) in [5, 5.41) is 8.72. The first-order chi connectivity index (χ1) is 7.54. The van der Waals surface area contributed by atoms with Gasteiger partial charge >= 0.3 is 0 Å². The number of hydrogen-bond acceptors (Lipinski definition) is 2. The second kappa shape index (κ2) is 5.55. The summed E-state index contributed by atoms with van der Waals surface area (Å²) in [7, 11) is 0. The van der Waals surface area contributed by atoms with Crippen LogP contribution in [0.25, 0.3) is 0 Å². The molecule has 2 nitrogen and oxygen atoms in total. The molecule has 0 fully saturated rings. The smallest absolute Gasteiger partial charge is 0.123 e. The fraction of sp³-hybridized carbons (Fsp3) is 0.500. The Morgan fingerprint density at radius 2 is 2.00 bits per heavy atom. The maximum atomic E-state index is 8.72. The Hall–Kier alpha value is -1.49. The van der Waals surface area contributed by atoms with Crippen LogP contribution >= 0.6 is 0 Å². The maximum Gasteiger partial charge on any atom is 0.123 e. The lowest BCUT2D eigenvalue weighted by molar-refractivity contribution is 0.284. The minimum Gasteiger partial charge on any atom is -0.492 e. The Balaban J connectivity index is 2.85. The lowest BCUT2D eigenvalue weighted by Gasteiger charge is -2.15. The zero-order chi connectivity index (χ0) is 12.1. The minimum absolute atomic E-state index is 0.0690. The number of nitrogens with zero attached hydrogens (tertiary/aromatic N) is 1. The minimum atomic E-state index is -0.0690. The van der Waals surface area contributed by atoms with E-state index in [2.05, 4.69) is 32.0 Å². The Bertz CT molecular complexity index is 390. The van der Waals surface area contributed by atoms with Crippen LogP contribution in [-0.4, -0.2) is 6.61 Å². The van der Waals surface area contributed by atoms with E-state index in [1.54, 1.807) is 0 Å². The molecular formula is C14H19NO. The quantitative estimate of drug-likeness (QED) is 0.771. The summed E-state index contributed by atoms with van der Waals surface area (Å²) < 4.78 is 5.71. The lowest BCUT2D eigenvalue weighted by Crippen LogP contribution is -2.08. The van der Waals surface area contributed by atoms with Crippen molar-refractivity contribution in [3.63, 3.8) is 0 Å². The highest BCUT2D eigenvalue weighted by molar-refractivity contribution is 5.39. The molecular weight excluding hydrogens is 198 g/mol. The topological polar surface area (TPSA) is 33.0 Å². The third-order valence-corrected chi connectivity index (χ3v) is 2.50. The molecule has 1 aromatic carbocycles. The molecule has 0 aliphatic carbocycles. The molecule has 0 heterocycles. The molecule has 0 N–H and O–H groups in total. The first-order valence-corrected chi connectivity index (χ1v) is 5.67. The highest BCUT2D eigenvalue weighted by Gasteiger charge is 2.09. The van der Waals surface area contributed by atoms with Crippen molar-refractivity contribution in [2.75, 3.05) is 6.61 Å². The second-order valence-electron chi connectivity index (χ2n) is 4.54. The first-order valence-electron chi connectivity index (χ1n) is 5.67. The number of nitriles is 1. The van der Waals surface area contributed by atoms with Gasteiger partial charge in [0.25, 0.3) is 0 Å². The van der Waals surface area contributed by atoms with Gasteiger partial charge in [0.05, 0.1) is 12.0 Å². The van der Waals surface area contributed by atoms with E-state index in [9.17, 15) is 0 Å². The molecule has 0 saturated heterocycles. The van der Waals surface area contributed by atoms with Crippen LogP contribution in [0.4, 0.5) is 0 Å². The van der Waals surface area contributed by atoms with Gasteiger partial charge < -0.3 is 4.74 Å². The van der Waals surface area contributed by atoms with Gasteiger partial charge in [-0.1, -0.05) is 26.0 Å². The van der Waals surface area contributed by atoms with E-state index in [0.717, 1.165) is 5.75 Å². The van der Waals surface area contributed by atoms with Crippen molar-refractivity contribution in [3.8, 4) is 11.8 Å². The largest absolute Gasteiger partial charge is 0.492 e. The summed E-state index contributed by atoms with van der Waals surface area (Å²) in [5.41, 5.74) is 2.39. The van der Waals surface area contributed by atoms with Crippen LogP contribution < -0.4 is 4.74 Å². The first kappa shape index (κ1) is 12.6. The molecule has 1 rings (SSSR count). The molecule has 16 heavy (non-hydrogen) atoms. The van der Waals surface area contributed by atoms with Gasteiger partial charge in [-0.3, -0.25) is 0 Å². The van der Waals surface area contributed by atoms with Gasteiger partial charge in [-0.15, -0.1) is 0 Å². The van der Waals surface area contributed by atoms with Gasteiger partial charge in [-0.25, -0.2) is 0 Å². The molecule has 0 aliphatic rings. The average molecular weight is 217 g/mol. The molecule has 0 spiro atoms. The fourth-order valence-electron chi connectivity index (χ4n) is 1.50. The van der Waals surface area contributed by atoms with Gasteiger partial charge in [0.15, 0.2) is 0 Å². The highest BCUT2D eigenvalue weighted by Crippen LogP contribution is 2.27. The molecule has 0 radical (unpaired) electrons. The number of ether oxygens (including phenoxy) is 1. The normalized spacial score (nSPS) is 12.2. The highest BCUT2D eigenvalue weighted by atomic mass is 16.5. The fourth-order valence-corrected chi connectivity index (χ4v) is 1.50. The van der Waals surface area contributed by atoms with Gasteiger partial charge in [-0.05, 0) is 37.0 Å². The number of rotatable bonds is 4. The average Bonchev–Trinajstić information content (AvgIpc) is 2.25. The molecule has 2 heteroatoms. The molecule has 0 amide bonds. The summed E-state index contributed by atoms with van der Waals surface area (Å²) >= 11 is 0. The summed E-state index contributed by atoms with van der Waals surface area (Å²) in [6.07, 6.45) is 0. The third-order valence-electron chi connectivity index (χ3n) is 2.50. The van der Waals surface area contributed by atoms with Crippen LogP contribution in [0.1, 0.15) is 37.8 Å². The van der Waals surface area contributed by atoms with E-state index in [0.29, 0.717) is 12.5 Å². The number of hydrogen-bond donors (Lipinski definition) is 0. The van der Waals surface area contributed by atoms with E-state index >= 15 is 0 Å². The Morgan fingerprint density at radius 1 is 1.31 bits per heavy atom. The summed E-state index contributed by atoms with van der Waals surface area (Å²) in [4.78, 5) is 0. The van der Waals surface area contributed by atoms with Crippen molar-refractivity contribution in [1.82, 2.24) is 0 Å². The number of aryl methyl sites for hydroxylation is 1. The van der Waals surface area contributed by atoms with Crippen molar-refractivity contribution in [2.45, 2.75) is 33.6 Å². The number of benzene rings is 1. The zero-order valence-corrected chi connectivity index (χ0v) is 10.4. The molecule has 1 unspecified atom stereocenters. The van der Waals surface area contributed by atoms with Crippen LogP contribution in [0.5, 0.6) is 5.75 Å². The molecule has 1 atom stereocenters. The Labute approximate surface area is 97.9 Å². The van der Waals surface area contributed by atoms with E-state index in [-0.39, 0.29) is 5.92 Å². The van der Waals surface area contributed by atoms with E-state index in [4.69, 9.17) is 10.00 Å². The van der Waals surface area contributed by atoms with Crippen LogP contribution in [0, 0.1) is 24.2 Å². The van der Waals surface area contributed by atoms with Crippen LogP contribution in [0.3, 0.4) is 0 Å². The maximum absolute atomic E-state index is 8.72. The molecule has 1 aromatic rings. The molecule has 86 valence electrons. The predicted octanol–water partition coefficient (Wildman–Crippen LogP) is 3.66. The van der Waals surface area contributed by atoms with Crippen LogP contribution in [-0.2, 0) is 0 Å². The molecule has 0 saturated carbocycles. The van der Waals surface area contributed by atoms with Crippen molar-refractivity contribution in [1.29, 1.82) is 5.26 Å². The van der Waals surface area contributed by atoms with Crippen LogP contribution in [0.2, 0.25) is 0 Å². The summed E-state index contributed by atoms with van der Waals surface area (Å²) in [6.45, 7) is 8.66. The Morgan fingerprint density at radius 3 is 2.56 bits per heavy atom. The van der Waals surface area contributed by atoms with Gasteiger partial charge in [0.2, 0.25) is 0 Å². The van der Waals surface area contributed by atoms with Gasteiger partial charge in [-0.2, -0.15) is 5.26 Å². The van der Waals surface area contributed by atoms with Crippen molar-refractivity contribution >= 4 is 0 Å². The van der Waals surface area contributed by atoms with Gasteiger partial charge in [0.1, 0.15) is 12.4 Å². The van der Waals surface area contributed by atoms with Gasteiger partial charge in [0, 0.05) is 0 Å². The molecule has 0 bridgehead atoms. The SMILES string of the molecule is Cc1ccc(C(C)C)c(OCC(C)C#N)c1. The van der Waals surface area contributed by atoms with E-state index in [1.165, 1.54) is 11.1 Å². The molecule has 0 aliphatic heterocycles. The standard InChI is InChI=1S/C14H19NO/c1-10(2)13-6-5-11(3)7-14(13)16-9-12(4)8-15/h5-7,10,12H,9H2,1-4H3. The zero-order valence-electron chi connectivity index (χ0n) is 10.4. The lowest BCUT2D eigenvalue weighted by atomic mass is 10.0. The van der Waals surface area contributed by atoms with Crippen molar-refractivity contribution in [2.24, 2.45) is 5.92 Å². The van der Waals surface area contributed by atoms with E-state index in [1.807, 2.05) is 19.9 Å². The second-order valence-corrected chi connectivity index (χ2v) is 4.54. The summed E-state index contributed by atoms with van der Waals surface area (Å²) in [6, 6.07) is 8.41. The Kier molecular flexibility index (Phi) is 4.37. The van der Waals surface area contributed by atoms with Crippen molar-refractivity contribution < 1.29 is 4.74 Å². The van der Waals surface area contributed by atoms with E-state index < -0.39 is 0 Å². The third kappa shape index (κ3) is 3.27. The molecule has 0 aromatic heterocycles.